The van der Waals surface area contributed by atoms with Crippen LogP contribution in [0.15, 0.2) is 91.0 Å². The van der Waals surface area contributed by atoms with E-state index in [9.17, 15) is 5.11 Å². The zero-order valence-electron chi connectivity index (χ0n) is 17.7. The normalized spacial score (nSPS) is 20.3. The maximum absolute atomic E-state index is 10.4. The molecule has 30 heavy (non-hydrogen) atoms. The number of aliphatic hydroxyl groups is 1. The van der Waals surface area contributed by atoms with Crippen molar-refractivity contribution < 1.29 is 5.11 Å². The second-order valence-corrected chi connectivity index (χ2v) is 8.49. The summed E-state index contributed by atoms with van der Waals surface area (Å²) >= 11 is 0. The quantitative estimate of drug-likeness (QED) is 0.490. The van der Waals surface area contributed by atoms with Crippen molar-refractivity contribution in [3.05, 3.63) is 108 Å². The standard InChI is InChI=1S/C28H33NO/c30-22-28(25-14-8-3-9-15-25)29-26(18-16-23-10-4-1-5-11-23)20-21-27(29)19-17-24-12-6-2-7-13-24/h1-15,26-28,30H,16-22H2/t26-,27-,28+/m1/s1. The molecule has 0 aromatic heterocycles. The Balaban J connectivity index is 1.51. The maximum Gasteiger partial charge on any atom is 0.0628 e. The zero-order valence-corrected chi connectivity index (χ0v) is 17.7. The lowest BCUT2D eigenvalue weighted by atomic mass is 9.99. The van der Waals surface area contributed by atoms with E-state index in [-0.39, 0.29) is 12.6 Å². The Bertz CT molecular complexity index is 813. The van der Waals surface area contributed by atoms with Crippen molar-refractivity contribution in [2.75, 3.05) is 6.61 Å². The van der Waals surface area contributed by atoms with Gasteiger partial charge in [-0.1, -0.05) is 91.0 Å². The monoisotopic (exact) mass is 399 g/mol. The van der Waals surface area contributed by atoms with Crippen molar-refractivity contribution in [2.24, 2.45) is 0 Å². The minimum atomic E-state index is 0.0789. The topological polar surface area (TPSA) is 23.5 Å². The first-order valence-electron chi connectivity index (χ1n) is 11.4. The predicted octanol–water partition coefficient (Wildman–Crippen LogP) is 5.82. The van der Waals surface area contributed by atoms with Crippen molar-refractivity contribution in [1.29, 1.82) is 0 Å². The lowest BCUT2D eigenvalue weighted by molar-refractivity contribution is 0.0707. The highest BCUT2D eigenvalue weighted by molar-refractivity contribution is 5.21. The van der Waals surface area contributed by atoms with Gasteiger partial charge in [-0.25, -0.2) is 0 Å². The van der Waals surface area contributed by atoms with E-state index >= 15 is 0 Å². The Hall–Kier alpha value is -2.42. The van der Waals surface area contributed by atoms with Crippen LogP contribution in [0.2, 0.25) is 0 Å². The molecular formula is C28H33NO. The van der Waals surface area contributed by atoms with Gasteiger partial charge in [-0.2, -0.15) is 0 Å². The zero-order chi connectivity index (χ0) is 20.6. The van der Waals surface area contributed by atoms with E-state index in [4.69, 9.17) is 0 Å². The average molecular weight is 400 g/mol. The van der Waals surface area contributed by atoms with Gasteiger partial charge in [-0.15, -0.1) is 0 Å². The third kappa shape index (κ3) is 5.19. The van der Waals surface area contributed by atoms with Crippen molar-refractivity contribution >= 4 is 0 Å². The summed E-state index contributed by atoms with van der Waals surface area (Å²) in [5, 5.41) is 10.4. The van der Waals surface area contributed by atoms with Gasteiger partial charge in [0, 0.05) is 12.1 Å². The first-order chi connectivity index (χ1) is 14.8. The largest absolute Gasteiger partial charge is 0.394 e. The van der Waals surface area contributed by atoms with Crippen molar-refractivity contribution in [1.82, 2.24) is 4.90 Å². The molecule has 1 fully saturated rings. The Kier molecular flexibility index (Phi) is 7.34. The minimum Gasteiger partial charge on any atom is -0.394 e. The number of hydrogen-bond acceptors (Lipinski definition) is 2. The SMILES string of the molecule is OC[C@@H](c1ccccc1)N1[C@H](CCc2ccccc2)CC[C@H]1CCc1ccccc1. The van der Waals surface area contributed by atoms with Crippen LogP contribution < -0.4 is 0 Å². The third-order valence-corrected chi connectivity index (χ3v) is 6.61. The van der Waals surface area contributed by atoms with Crippen LogP contribution in [-0.2, 0) is 12.8 Å². The molecule has 156 valence electrons. The van der Waals surface area contributed by atoms with Crippen LogP contribution in [0.25, 0.3) is 0 Å². The molecule has 0 aliphatic carbocycles. The Morgan fingerprint density at radius 3 is 1.53 bits per heavy atom. The second kappa shape index (κ2) is 10.6. The molecule has 1 aliphatic heterocycles. The summed E-state index contributed by atoms with van der Waals surface area (Å²) < 4.78 is 0. The molecule has 0 amide bonds. The van der Waals surface area contributed by atoms with E-state index in [2.05, 4.69) is 95.9 Å². The Morgan fingerprint density at radius 2 is 1.10 bits per heavy atom. The fourth-order valence-electron chi connectivity index (χ4n) is 5.08. The van der Waals surface area contributed by atoms with Crippen LogP contribution in [0.3, 0.4) is 0 Å². The molecule has 4 rings (SSSR count). The molecular weight excluding hydrogens is 366 g/mol. The van der Waals surface area contributed by atoms with E-state index in [1.807, 2.05) is 0 Å². The van der Waals surface area contributed by atoms with Gasteiger partial charge < -0.3 is 5.11 Å². The summed E-state index contributed by atoms with van der Waals surface area (Å²) in [6.07, 6.45) is 6.93. The van der Waals surface area contributed by atoms with Gasteiger partial charge in [-0.05, 0) is 55.2 Å². The molecule has 0 saturated carbocycles. The Morgan fingerprint density at radius 1 is 0.667 bits per heavy atom. The molecule has 1 aliphatic rings. The van der Waals surface area contributed by atoms with Crippen molar-refractivity contribution in [2.45, 2.75) is 56.7 Å². The van der Waals surface area contributed by atoms with Gasteiger partial charge in [0.1, 0.15) is 0 Å². The highest BCUT2D eigenvalue weighted by Gasteiger charge is 2.37. The molecule has 0 spiro atoms. The van der Waals surface area contributed by atoms with Gasteiger partial charge in [0.25, 0.3) is 0 Å². The van der Waals surface area contributed by atoms with E-state index in [0.29, 0.717) is 12.1 Å². The van der Waals surface area contributed by atoms with Gasteiger partial charge in [-0.3, -0.25) is 4.90 Å². The fourth-order valence-corrected chi connectivity index (χ4v) is 5.08. The number of aliphatic hydroxyl groups excluding tert-OH is 1. The first kappa shape index (κ1) is 20.8. The number of benzene rings is 3. The molecule has 1 heterocycles. The summed E-state index contributed by atoms with van der Waals surface area (Å²) in [5.74, 6) is 0. The molecule has 0 unspecified atom stereocenters. The van der Waals surface area contributed by atoms with Crippen LogP contribution in [0.4, 0.5) is 0 Å². The number of aryl methyl sites for hydroxylation is 2. The fraction of sp³-hybridized carbons (Fsp3) is 0.357. The number of rotatable bonds is 9. The van der Waals surface area contributed by atoms with E-state index < -0.39 is 0 Å². The van der Waals surface area contributed by atoms with E-state index in [1.165, 1.54) is 29.5 Å². The molecule has 0 bridgehead atoms. The van der Waals surface area contributed by atoms with Crippen molar-refractivity contribution in [3.8, 4) is 0 Å². The molecule has 2 heteroatoms. The Labute approximate surface area is 181 Å². The number of nitrogens with zero attached hydrogens (tertiary/aromatic N) is 1. The van der Waals surface area contributed by atoms with Gasteiger partial charge in [0.05, 0.1) is 12.6 Å². The average Bonchev–Trinajstić information content (AvgIpc) is 3.21. The van der Waals surface area contributed by atoms with Crippen LogP contribution in [0.5, 0.6) is 0 Å². The smallest absolute Gasteiger partial charge is 0.0628 e. The lowest BCUT2D eigenvalue weighted by Crippen LogP contribution is -2.41. The van der Waals surface area contributed by atoms with Gasteiger partial charge in [0.15, 0.2) is 0 Å². The molecule has 1 N–H and O–H groups in total. The summed E-state index contributed by atoms with van der Waals surface area (Å²) in [4.78, 5) is 2.65. The van der Waals surface area contributed by atoms with E-state index in [1.54, 1.807) is 0 Å². The summed E-state index contributed by atoms with van der Waals surface area (Å²) in [6.45, 7) is 0.174. The van der Waals surface area contributed by atoms with Gasteiger partial charge >= 0.3 is 0 Å². The molecule has 3 aromatic rings. The first-order valence-corrected chi connectivity index (χ1v) is 11.4. The number of likely N-dealkylation sites (tertiary alicyclic amines) is 1. The maximum atomic E-state index is 10.4. The lowest BCUT2D eigenvalue weighted by Gasteiger charge is -2.37. The molecule has 1 saturated heterocycles. The second-order valence-electron chi connectivity index (χ2n) is 8.49. The van der Waals surface area contributed by atoms with Crippen LogP contribution in [0, 0.1) is 0 Å². The predicted molar refractivity (Wildman–Crippen MR) is 124 cm³/mol. The third-order valence-electron chi connectivity index (χ3n) is 6.61. The summed E-state index contributed by atoms with van der Waals surface area (Å²) in [7, 11) is 0. The molecule has 0 radical (unpaired) electrons. The van der Waals surface area contributed by atoms with E-state index in [0.717, 1.165) is 25.7 Å². The highest BCUT2D eigenvalue weighted by atomic mass is 16.3. The summed E-state index contributed by atoms with van der Waals surface area (Å²) in [6, 6.07) is 33.3. The van der Waals surface area contributed by atoms with Crippen LogP contribution in [0.1, 0.15) is 48.4 Å². The highest BCUT2D eigenvalue weighted by Crippen LogP contribution is 2.37. The molecule has 2 nitrogen and oxygen atoms in total. The minimum absolute atomic E-state index is 0.0789. The van der Waals surface area contributed by atoms with Crippen molar-refractivity contribution in [3.63, 3.8) is 0 Å². The molecule has 3 atom stereocenters. The number of hydrogen-bond donors (Lipinski definition) is 1. The summed E-state index contributed by atoms with van der Waals surface area (Å²) in [5.41, 5.74) is 4.05. The van der Waals surface area contributed by atoms with Crippen LogP contribution >= 0.6 is 0 Å². The van der Waals surface area contributed by atoms with Gasteiger partial charge in [0.2, 0.25) is 0 Å². The molecule has 3 aromatic carbocycles. The van der Waals surface area contributed by atoms with Crippen LogP contribution in [-0.4, -0.2) is 28.7 Å².